The molecule has 0 aliphatic heterocycles. The van der Waals surface area contributed by atoms with Crippen LogP contribution in [0.3, 0.4) is 0 Å². The molecule has 0 aromatic carbocycles. The Balaban J connectivity index is 2.10. The molecule has 2 bridgehead atoms. The summed E-state index contributed by atoms with van der Waals surface area (Å²) in [6.45, 7) is 9.42. The molecule has 1 nitrogen and oxygen atoms in total. The van der Waals surface area contributed by atoms with Gasteiger partial charge < -0.3 is 0 Å². The van der Waals surface area contributed by atoms with Gasteiger partial charge in [-0.2, -0.15) is 0 Å². The van der Waals surface area contributed by atoms with Gasteiger partial charge in [0.1, 0.15) is 5.78 Å². The van der Waals surface area contributed by atoms with Crippen LogP contribution < -0.4 is 0 Å². The lowest BCUT2D eigenvalue weighted by atomic mass is 9.65. The van der Waals surface area contributed by atoms with Crippen LogP contribution in [0.1, 0.15) is 53.4 Å². The van der Waals surface area contributed by atoms with Gasteiger partial charge in [0.05, 0.1) is 0 Å². The summed E-state index contributed by atoms with van der Waals surface area (Å²) in [5.74, 6) is 3.12. The molecule has 0 N–H and O–H groups in total. The zero-order valence-electron chi connectivity index (χ0n) is 11.0. The fraction of sp³-hybridized carbons (Fsp3) is 0.933. The topological polar surface area (TPSA) is 17.1 Å². The van der Waals surface area contributed by atoms with Crippen molar-refractivity contribution in [2.45, 2.75) is 53.4 Å². The summed E-state index contributed by atoms with van der Waals surface area (Å²) in [6, 6.07) is 0. The molecule has 1 heteroatoms. The predicted molar refractivity (Wildman–Crippen MR) is 65.0 cm³/mol. The fourth-order valence-electron chi connectivity index (χ4n) is 5.62. The first-order valence-corrected chi connectivity index (χ1v) is 6.92. The van der Waals surface area contributed by atoms with E-state index >= 15 is 0 Å². The van der Waals surface area contributed by atoms with Crippen molar-refractivity contribution in [3.05, 3.63) is 0 Å². The van der Waals surface area contributed by atoms with Crippen LogP contribution in [0.25, 0.3) is 0 Å². The Hall–Kier alpha value is -0.330. The molecule has 3 aliphatic carbocycles. The smallest absolute Gasteiger partial charge is 0.136 e. The third-order valence-corrected chi connectivity index (χ3v) is 6.63. The summed E-state index contributed by atoms with van der Waals surface area (Å²) in [5.41, 5.74) is 0.800. The second-order valence-electron chi connectivity index (χ2n) is 7.33. The highest BCUT2D eigenvalue weighted by molar-refractivity contribution is 5.83. The number of ketones is 1. The van der Waals surface area contributed by atoms with Gasteiger partial charge in [-0.1, -0.05) is 27.7 Å². The standard InChI is InChI=1S/C15H24O/c1-9-5-6-13-14(3,4)11-7-15(9,13)8-12(16)10(11)2/h9-11,13H,5-8H2,1-4H3/t9?,10?,11-,13?,15+/m0/s1. The van der Waals surface area contributed by atoms with Crippen LogP contribution >= 0.6 is 0 Å². The first-order chi connectivity index (χ1) is 7.39. The third kappa shape index (κ3) is 1.01. The number of hydrogen-bond acceptors (Lipinski definition) is 1. The molecular formula is C15H24O. The molecule has 0 radical (unpaired) electrons. The largest absolute Gasteiger partial charge is 0.299 e. The maximum atomic E-state index is 12.2. The SMILES string of the molecule is CC1C(=O)C[C@@]23C[C@@H]1C(C)(C)C2CCC3C. The van der Waals surface area contributed by atoms with Crippen molar-refractivity contribution >= 4 is 5.78 Å². The summed E-state index contributed by atoms with van der Waals surface area (Å²) in [6.07, 6.45) is 4.94. The van der Waals surface area contributed by atoms with Gasteiger partial charge in [0, 0.05) is 12.3 Å². The zero-order chi connectivity index (χ0) is 11.7. The van der Waals surface area contributed by atoms with E-state index in [1.807, 2.05) is 0 Å². The Morgan fingerprint density at radius 1 is 1.19 bits per heavy atom. The normalized spacial score (nSPS) is 54.1. The molecule has 0 saturated heterocycles. The monoisotopic (exact) mass is 220 g/mol. The Morgan fingerprint density at radius 2 is 1.88 bits per heavy atom. The molecule has 0 aromatic heterocycles. The van der Waals surface area contributed by atoms with E-state index in [9.17, 15) is 4.79 Å². The molecule has 3 unspecified atom stereocenters. The molecular weight excluding hydrogens is 196 g/mol. The van der Waals surface area contributed by atoms with Gasteiger partial charge in [-0.25, -0.2) is 0 Å². The Labute approximate surface area is 99.0 Å². The highest BCUT2D eigenvalue weighted by Crippen LogP contribution is 2.71. The molecule has 5 atom stereocenters. The van der Waals surface area contributed by atoms with Crippen molar-refractivity contribution in [2.75, 3.05) is 0 Å². The van der Waals surface area contributed by atoms with Crippen molar-refractivity contribution in [1.29, 1.82) is 0 Å². The van der Waals surface area contributed by atoms with E-state index < -0.39 is 0 Å². The molecule has 3 saturated carbocycles. The lowest BCUT2D eigenvalue weighted by Gasteiger charge is -2.38. The molecule has 3 rings (SSSR count). The quantitative estimate of drug-likeness (QED) is 0.608. The molecule has 0 aromatic rings. The summed E-state index contributed by atoms with van der Waals surface area (Å²) in [5, 5.41) is 0. The summed E-state index contributed by atoms with van der Waals surface area (Å²) in [4.78, 5) is 12.2. The van der Waals surface area contributed by atoms with E-state index in [0.717, 1.165) is 18.3 Å². The van der Waals surface area contributed by atoms with Crippen LogP contribution in [0.4, 0.5) is 0 Å². The average molecular weight is 220 g/mol. The minimum Gasteiger partial charge on any atom is -0.299 e. The number of carbonyl (C=O) groups excluding carboxylic acids is 1. The number of rotatable bonds is 0. The van der Waals surface area contributed by atoms with Crippen LogP contribution in [0.15, 0.2) is 0 Å². The maximum Gasteiger partial charge on any atom is 0.136 e. The van der Waals surface area contributed by atoms with Crippen molar-refractivity contribution in [3.8, 4) is 0 Å². The number of carbonyl (C=O) groups is 1. The third-order valence-electron chi connectivity index (χ3n) is 6.63. The van der Waals surface area contributed by atoms with Gasteiger partial charge in [0.25, 0.3) is 0 Å². The highest BCUT2D eigenvalue weighted by Gasteiger charge is 2.66. The van der Waals surface area contributed by atoms with E-state index in [1.165, 1.54) is 19.3 Å². The molecule has 0 heterocycles. The van der Waals surface area contributed by atoms with Crippen LogP contribution in [0, 0.1) is 34.5 Å². The van der Waals surface area contributed by atoms with Crippen LogP contribution in [0.2, 0.25) is 0 Å². The van der Waals surface area contributed by atoms with Crippen LogP contribution in [0.5, 0.6) is 0 Å². The van der Waals surface area contributed by atoms with Crippen LogP contribution in [-0.4, -0.2) is 5.78 Å². The van der Waals surface area contributed by atoms with Crippen molar-refractivity contribution in [3.63, 3.8) is 0 Å². The fourth-order valence-corrected chi connectivity index (χ4v) is 5.62. The Kier molecular flexibility index (Phi) is 1.97. The second-order valence-corrected chi connectivity index (χ2v) is 7.33. The minimum atomic E-state index is 0.318. The van der Waals surface area contributed by atoms with Crippen molar-refractivity contribution in [1.82, 2.24) is 0 Å². The molecule has 3 fully saturated rings. The average Bonchev–Trinajstić information content (AvgIpc) is 2.59. The number of hydrogen-bond donors (Lipinski definition) is 0. The van der Waals surface area contributed by atoms with Gasteiger partial charge in [-0.3, -0.25) is 4.79 Å². The first kappa shape index (κ1) is 10.8. The molecule has 0 amide bonds. The van der Waals surface area contributed by atoms with Crippen molar-refractivity contribution in [2.24, 2.45) is 34.5 Å². The molecule has 90 valence electrons. The van der Waals surface area contributed by atoms with E-state index in [1.54, 1.807) is 0 Å². The summed E-state index contributed by atoms with van der Waals surface area (Å²) in [7, 11) is 0. The lowest BCUT2D eigenvalue weighted by Crippen LogP contribution is -2.36. The van der Waals surface area contributed by atoms with E-state index in [4.69, 9.17) is 0 Å². The van der Waals surface area contributed by atoms with E-state index in [2.05, 4.69) is 27.7 Å². The van der Waals surface area contributed by atoms with E-state index in [-0.39, 0.29) is 0 Å². The Bertz CT molecular complexity index is 343. The van der Waals surface area contributed by atoms with Gasteiger partial charge in [-0.05, 0) is 47.8 Å². The first-order valence-electron chi connectivity index (χ1n) is 6.92. The number of fused-ring (bicyclic) bond motifs is 1. The zero-order valence-corrected chi connectivity index (χ0v) is 11.0. The summed E-state index contributed by atoms with van der Waals surface area (Å²) >= 11 is 0. The minimum absolute atomic E-state index is 0.318. The molecule has 16 heavy (non-hydrogen) atoms. The number of Topliss-reactive ketones (excluding diaryl/α,β-unsaturated/α-hetero) is 1. The van der Waals surface area contributed by atoms with Gasteiger partial charge in [0.15, 0.2) is 0 Å². The predicted octanol–water partition coefficient (Wildman–Crippen LogP) is 3.67. The van der Waals surface area contributed by atoms with E-state index in [0.29, 0.717) is 28.4 Å². The van der Waals surface area contributed by atoms with Crippen molar-refractivity contribution < 1.29 is 4.79 Å². The maximum absolute atomic E-state index is 12.2. The Morgan fingerprint density at radius 3 is 2.56 bits per heavy atom. The van der Waals surface area contributed by atoms with Gasteiger partial charge in [0.2, 0.25) is 0 Å². The second kappa shape index (κ2) is 2.91. The van der Waals surface area contributed by atoms with Gasteiger partial charge >= 0.3 is 0 Å². The highest BCUT2D eigenvalue weighted by atomic mass is 16.1. The lowest BCUT2D eigenvalue weighted by molar-refractivity contribution is -0.130. The molecule has 3 aliphatic rings. The molecule has 1 spiro atoms. The van der Waals surface area contributed by atoms with Gasteiger partial charge in [-0.15, -0.1) is 0 Å². The summed E-state index contributed by atoms with van der Waals surface area (Å²) < 4.78 is 0. The van der Waals surface area contributed by atoms with Crippen LogP contribution in [-0.2, 0) is 4.79 Å².